The van der Waals surface area contributed by atoms with Gasteiger partial charge >= 0.3 is 5.97 Å². The molecule has 1 unspecified atom stereocenters. The predicted molar refractivity (Wildman–Crippen MR) is 69.2 cm³/mol. The van der Waals surface area contributed by atoms with Crippen molar-refractivity contribution in [2.45, 2.75) is 25.1 Å². The van der Waals surface area contributed by atoms with Crippen molar-refractivity contribution >= 4 is 27.7 Å². The molecule has 0 bridgehead atoms. The monoisotopic (exact) mass is 298 g/mol. The molecule has 1 aromatic carbocycles. The molecular formula is C13H15BrO3. The van der Waals surface area contributed by atoms with E-state index in [0.29, 0.717) is 0 Å². The van der Waals surface area contributed by atoms with Crippen LogP contribution < -0.4 is 0 Å². The van der Waals surface area contributed by atoms with Gasteiger partial charge in [0.2, 0.25) is 0 Å². The number of ether oxygens (including phenoxy) is 1. The van der Waals surface area contributed by atoms with Crippen LogP contribution in [-0.4, -0.2) is 18.9 Å². The van der Waals surface area contributed by atoms with Crippen molar-refractivity contribution in [2.24, 2.45) is 0 Å². The fourth-order valence-corrected chi connectivity index (χ4v) is 1.88. The maximum absolute atomic E-state index is 11.3. The molecule has 0 radical (unpaired) electrons. The SMILES string of the molecule is COC(=O)Cc1cc(C)cc(C(Br)C(C)=O)c1. The molecule has 1 aromatic rings. The average Bonchev–Trinajstić information content (AvgIpc) is 2.26. The van der Waals surface area contributed by atoms with Gasteiger partial charge in [-0.3, -0.25) is 9.59 Å². The first-order chi connectivity index (χ1) is 7.93. The van der Waals surface area contributed by atoms with Crippen LogP contribution in [0.2, 0.25) is 0 Å². The summed E-state index contributed by atoms with van der Waals surface area (Å²) in [6.45, 7) is 3.46. The summed E-state index contributed by atoms with van der Waals surface area (Å²) in [6.07, 6.45) is 0.225. The Labute approximate surface area is 109 Å². The maximum atomic E-state index is 11.3. The Morgan fingerprint density at radius 3 is 2.53 bits per heavy atom. The van der Waals surface area contributed by atoms with E-state index in [0.717, 1.165) is 16.7 Å². The number of hydrogen-bond donors (Lipinski definition) is 0. The molecule has 92 valence electrons. The molecular weight excluding hydrogens is 284 g/mol. The molecule has 1 atom stereocenters. The molecule has 0 heterocycles. The van der Waals surface area contributed by atoms with Gasteiger partial charge in [0.15, 0.2) is 0 Å². The zero-order chi connectivity index (χ0) is 13.0. The quantitative estimate of drug-likeness (QED) is 0.634. The zero-order valence-corrected chi connectivity index (χ0v) is 11.7. The first kappa shape index (κ1) is 13.9. The number of carbonyl (C=O) groups excluding carboxylic acids is 2. The van der Waals surface area contributed by atoms with E-state index in [1.54, 1.807) is 0 Å². The highest BCUT2D eigenvalue weighted by molar-refractivity contribution is 9.09. The van der Waals surface area contributed by atoms with E-state index >= 15 is 0 Å². The van der Waals surface area contributed by atoms with E-state index in [9.17, 15) is 9.59 Å². The number of methoxy groups -OCH3 is 1. The van der Waals surface area contributed by atoms with Gasteiger partial charge in [0.1, 0.15) is 5.78 Å². The minimum Gasteiger partial charge on any atom is -0.469 e. The van der Waals surface area contributed by atoms with E-state index < -0.39 is 0 Å². The lowest BCUT2D eigenvalue weighted by atomic mass is 10.0. The standard InChI is InChI=1S/C13H15BrO3/c1-8-4-10(7-12(16)17-3)6-11(5-8)13(14)9(2)15/h4-6,13H,7H2,1-3H3. The molecule has 0 fully saturated rings. The Bertz CT molecular complexity index is 440. The third kappa shape index (κ3) is 3.97. The Kier molecular flexibility index (Phi) is 4.87. The van der Waals surface area contributed by atoms with Gasteiger partial charge in [0.05, 0.1) is 18.4 Å². The van der Waals surface area contributed by atoms with Crippen molar-refractivity contribution in [3.8, 4) is 0 Å². The van der Waals surface area contributed by atoms with E-state index in [1.807, 2.05) is 25.1 Å². The highest BCUT2D eigenvalue weighted by Gasteiger charge is 2.14. The molecule has 0 aliphatic heterocycles. The number of aryl methyl sites for hydroxylation is 1. The van der Waals surface area contributed by atoms with Crippen molar-refractivity contribution in [3.05, 3.63) is 34.9 Å². The van der Waals surface area contributed by atoms with Gasteiger partial charge in [-0.25, -0.2) is 0 Å². The molecule has 17 heavy (non-hydrogen) atoms. The number of alkyl halides is 1. The van der Waals surface area contributed by atoms with Gasteiger partial charge in [0, 0.05) is 0 Å². The summed E-state index contributed by atoms with van der Waals surface area (Å²) >= 11 is 3.34. The molecule has 3 nitrogen and oxygen atoms in total. The van der Waals surface area contributed by atoms with Crippen LogP contribution in [0.1, 0.15) is 28.4 Å². The summed E-state index contributed by atoms with van der Waals surface area (Å²) in [6, 6.07) is 5.70. The zero-order valence-electron chi connectivity index (χ0n) is 10.1. The van der Waals surface area contributed by atoms with Crippen molar-refractivity contribution in [1.82, 2.24) is 0 Å². The van der Waals surface area contributed by atoms with Gasteiger partial charge in [-0.2, -0.15) is 0 Å². The second-order valence-electron chi connectivity index (χ2n) is 3.98. The molecule has 4 heteroatoms. The van der Waals surface area contributed by atoms with Crippen molar-refractivity contribution in [1.29, 1.82) is 0 Å². The van der Waals surface area contributed by atoms with E-state index in [2.05, 4.69) is 20.7 Å². The van der Waals surface area contributed by atoms with Crippen LogP contribution in [0.15, 0.2) is 18.2 Å². The average molecular weight is 299 g/mol. The van der Waals surface area contributed by atoms with Crippen LogP contribution in [-0.2, 0) is 20.7 Å². The largest absolute Gasteiger partial charge is 0.469 e. The summed E-state index contributed by atoms with van der Waals surface area (Å²) in [7, 11) is 1.36. The molecule has 0 aliphatic carbocycles. The maximum Gasteiger partial charge on any atom is 0.309 e. The van der Waals surface area contributed by atoms with Crippen LogP contribution in [0, 0.1) is 6.92 Å². The Hall–Kier alpha value is -1.16. The van der Waals surface area contributed by atoms with Crippen LogP contribution in [0.4, 0.5) is 0 Å². The number of esters is 1. The number of hydrogen-bond acceptors (Lipinski definition) is 3. The van der Waals surface area contributed by atoms with Gasteiger partial charge in [-0.15, -0.1) is 0 Å². The van der Waals surface area contributed by atoms with Crippen molar-refractivity contribution in [2.75, 3.05) is 7.11 Å². The van der Waals surface area contributed by atoms with Crippen LogP contribution >= 0.6 is 15.9 Å². The highest BCUT2D eigenvalue weighted by Crippen LogP contribution is 2.25. The summed E-state index contributed by atoms with van der Waals surface area (Å²) in [4.78, 5) is 22.2. The summed E-state index contributed by atoms with van der Waals surface area (Å²) in [5.74, 6) is -0.241. The van der Waals surface area contributed by atoms with E-state index in [-0.39, 0.29) is 23.0 Å². The van der Waals surface area contributed by atoms with E-state index in [4.69, 9.17) is 0 Å². The molecule has 0 spiro atoms. The summed E-state index contributed by atoms with van der Waals surface area (Å²) in [5.41, 5.74) is 2.75. The van der Waals surface area contributed by atoms with Crippen LogP contribution in [0.5, 0.6) is 0 Å². The van der Waals surface area contributed by atoms with Crippen molar-refractivity contribution < 1.29 is 14.3 Å². The lowest BCUT2D eigenvalue weighted by Gasteiger charge is -2.10. The minimum absolute atomic E-state index is 0.0413. The molecule has 0 N–H and O–H groups in total. The molecule has 0 saturated carbocycles. The minimum atomic E-state index is -0.321. The number of carbonyl (C=O) groups is 2. The van der Waals surface area contributed by atoms with Gasteiger partial charge in [0.25, 0.3) is 0 Å². The molecule has 0 amide bonds. The van der Waals surface area contributed by atoms with Gasteiger partial charge in [-0.05, 0) is 25.0 Å². The molecule has 0 aromatic heterocycles. The number of rotatable bonds is 4. The first-order valence-corrected chi connectivity index (χ1v) is 6.17. The Balaban J connectivity index is 3.01. The number of ketones is 1. The lowest BCUT2D eigenvalue weighted by molar-refractivity contribution is -0.139. The number of benzene rings is 1. The topological polar surface area (TPSA) is 43.4 Å². The van der Waals surface area contributed by atoms with Gasteiger partial charge in [-0.1, -0.05) is 39.7 Å². The number of Topliss-reactive ketones (excluding diaryl/α,β-unsaturated/α-hetero) is 1. The second kappa shape index (κ2) is 5.96. The van der Waals surface area contributed by atoms with Crippen molar-refractivity contribution in [3.63, 3.8) is 0 Å². The van der Waals surface area contributed by atoms with E-state index in [1.165, 1.54) is 14.0 Å². The fourth-order valence-electron chi connectivity index (χ4n) is 1.62. The summed E-state index contributed by atoms with van der Waals surface area (Å²) in [5, 5.41) is 0. The smallest absolute Gasteiger partial charge is 0.309 e. The molecule has 1 rings (SSSR count). The Morgan fingerprint density at radius 1 is 1.35 bits per heavy atom. The third-order valence-corrected chi connectivity index (χ3v) is 3.56. The highest BCUT2D eigenvalue weighted by atomic mass is 79.9. The lowest BCUT2D eigenvalue weighted by Crippen LogP contribution is -2.07. The van der Waals surface area contributed by atoms with Gasteiger partial charge < -0.3 is 4.74 Å². The molecule has 0 aliphatic rings. The normalized spacial score (nSPS) is 12.0. The first-order valence-electron chi connectivity index (χ1n) is 5.26. The second-order valence-corrected chi connectivity index (χ2v) is 4.89. The molecule has 0 saturated heterocycles. The van der Waals surface area contributed by atoms with Crippen LogP contribution in [0.25, 0.3) is 0 Å². The Morgan fingerprint density at radius 2 is 2.00 bits per heavy atom. The fraction of sp³-hybridized carbons (Fsp3) is 0.385. The third-order valence-electron chi connectivity index (χ3n) is 2.39. The summed E-state index contributed by atoms with van der Waals surface area (Å²) < 4.78 is 4.62. The predicted octanol–water partition coefficient (Wildman–Crippen LogP) is 2.74. The number of halogens is 1. The van der Waals surface area contributed by atoms with Crippen LogP contribution in [0.3, 0.4) is 0 Å².